The fourth-order valence-corrected chi connectivity index (χ4v) is 2.48. The summed E-state index contributed by atoms with van der Waals surface area (Å²) in [6.45, 7) is 4.16. The molecule has 0 saturated heterocycles. The van der Waals surface area contributed by atoms with Crippen LogP contribution in [0.3, 0.4) is 0 Å². The molecule has 0 fully saturated rings. The van der Waals surface area contributed by atoms with Crippen molar-refractivity contribution >= 4 is 11.5 Å². The Kier molecular flexibility index (Phi) is 3.72. The van der Waals surface area contributed by atoms with Crippen LogP contribution in [0.1, 0.15) is 41.9 Å². The van der Waals surface area contributed by atoms with E-state index in [1.54, 1.807) is 12.4 Å². The molecule has 0 aromatic carbocycles. The molecule has 2 aromatic rings. The summed E-state index contributed by atoms with van der Waals surface area (Å²) in [5, 5.41) is 4.14. The highest BCUT2D eigenvalue weighted by molar-refractivity contribution is 7.05. The monoisotopic (exact) mass is 250 g/mol. The van der Waals surface area contributed by atoms with Gasteiger partial charge in [0, 0.05) is 18.0 Å². The number of aromatic nitrogens is 4. The van der Waals surface area contributed by atoms with Crippen LogP contribution in [0, 0.1) is 0 Å². The molecular formula is C10H14N6S. The molecule has 0 aliphatic rings. The van der Waals surface area contributed by atoms with Crippen LogP contribution in [0.15, 0.2) is 18.7 Å². The molecule has 2 aromatic heterocycles. The lowest BCUT2D eigenvalue weighted by molar-refractivity contribution is 0.627. The van der Waals surface area contributed by atoms with Crippen LogP contribution < -0.4 is 11.3 Å². The van der Waals surface area contributed by atoms with Crippen molar-refractivity contribution in [2.45, 2.75) is 25.8 Å². The molecule has 0 aliphatic carbocycles. The van der Waals surface area contributed by atoms with Gasteiger partial charge in [0.1, 0.15) is 6.33 Å². The van der Waals surface area contributed by atoms with E-state index in [1.165, 1.54) is 17.9 Å². The molecule has 1 atom stereocenters. The van der Waals surface area contributed by atoms with E-state index in [1.807, 2.05) is 0 Å². The molecule has 7 heteroatoms. The van der Waals surface area contributed by atoms with E-state index in [-0.39, 0.29) is 6.04 Å². The van der Waals surface area contributed by atoms with Crippen molar-refractivity contribution < 1.29 is 0 Å². The quantitative estimate of drug-likeness (QED) is 0.621. The summed E-state index contributed by atoms with van der Waals surface area (Å²) >= 11 is 1.35. The van der Waals surface area contributed by atoms with Crippen molar-refractivity contribution in [3.63, 3.8) is 0 Å². The Bertz CT molecular complexity index is 469. The van der Waals surface area contributed by atoms with Crippen molar-refractivity contribution in [1.82, 2.24) is 25.0 Å². The summed E-state index contributed by atoms with van der Waals surface area (Å²) in [4.78, 5) is 9.00. The Labute approximate surface area is 103 Å². The van der Waals surface area contributed by atoms with Crippen LogP contribution in [0.5, 0.6) is 0 Å². The fourth-order valence-electron chi connectivity index (χ4n) is 1.59. The summed E-state index contributed by atoms with van der Waals surface area (Å²) in [6, 6.07) is -0.159. The largest absolute Gasteiger partial charge is 0.271 e. The van der Waals surface area contributed by atoms with E-state index >= 15 is 0 Å². The highest BCUT2D eigenvalue weighted by Crippen LogP contribution is 2.29. The molecule has 2 rings (SSSR count). The van der Waals surface area contributed by atoms with Gasteiger partial charge in [-0.05, 0) is 17.5 Å². The van der Waals surface area contributed by atoms with Crippen LogP contribution >= 0.6 is 11.5 Å². The first kappa shape index (κ1) is 12.0. The molecule has 0 saturated carbocycles. The number of nitrogens with one attached hydrogen (secondary N) is 1. The maximum Gasteiger partial charge on any atom is 0.115 e. The van der Waals surface area contributed by atoms with Crippen LogP contribution in [0.25, 0.3) is 0 Å². The SMILES string of the molecule is CC(C)c1nnsc1C(NN)c1cncnc1. The molecule has 0 radical (unpaired) electrons. The molecule has 0 spiro atoms. The molecule has 6 nitrogen and oxygen atoms in total. The molecule has 90 valence electrons. The zero-order chi connectivity index (χ0) is 12.3. The lowest BCUT2D eigenvalue weighted by atomic mass is 10.0. The minimum Gasteiger partial charge on any atom is -0.271 e. The highest BCUT2D eigenvalue weighted by Gasteiger charge is 2.22. The van der Waals surface area contributed by atoms with Gasteiger partial charge in [-0.3, -0.25) is 5.84 Å². The third-order valence-electron chi connectivity index (χ3n) is 2.43. The average molecular weight is 250 g/mol. The first-order valence-electron chi connectivity index (χ1n) is 5.27. The van der Waals surface area contributed by atoms with Gasteiger partial charge in [0.2, 0.25) is 0 Å². The third kappa shape index (κ3) is 2.46. The Morgan fingerprint density at radius 1 is 1.29 bits per heavy atom. The maximum absolute atomic E-state index is 5.61. The lowest BCUT2D eigenvalue weighted by Crippen LogP contribution is -2.29. The van der Waals surface area contributed by atoms with Gasteiger partial charge in [0.15, 0.2) is 0 Å². The topological polar surface area (TPSA) is 89.6 Å². The number of hydrogen-bond donors (Lipinski definition) is 2. The van der Waals surface area contributed by atoms with Gasteiger partial charge in [-0.25, -0.2) is 15.4 Å². The first-order chi connectivity index (χ1) is 8.24. The summed E-state index contributed by atoms with van der Waals surface area (Å²) in [5.74, 6) is 5.92. The second kappa shape index (κ2) is 5.26. The zero-order valence-electron chi connectivity index (χ0n) is 9.66. The average Bonchev–Trinajstić information content (AvgIpc) is 2.81. The van der Waals surface area contributed by atoms with E-state index in [9.17, 15) is 0 Å². The van der Waals surface area contributed by atoms with Crippen LogP contribution in [-0.4, -0.2) is 19.6 Å². The second-order valence-electron chi connectivity index (χ2n) is 3.95. The standard InChI is InChI=1S/C10H14N6S/c1-6(2)8-10(17-16-15-8)9(14-11)7-3-12-5-13-4-7/h3-6,9,14H,11H2,1-2H3. The van der Waals surface area contributed by atoms with Gasteiger partial charge >= 0.3 is 0 Å². The second-order valence-corrected chi connectivity index (χ2v) is 4.73. The van der Waals surface area contributed by atoms with Crippen molar-refractivity contribution in [1.29, 1.82) is 0 Å². The highest BCUT2D eigenvalue weighted by atomic mass is 32.1. The summed E-state index contributed by atoms with van der Waals surface area (Å²) < 4.78 is 3.99. The van der Waals surface area contributed by atoms with Gasteiger partial charge in [-0.15, -0.1) is 5.10 Å². The Morgan fingerprint density at radius 3 is 2.59 bits per heavy atom. The van der Waals surface area contributed by atoms with Gasteiger partial charge in [-0.1, -0.05) is 18.3 Å². The van der Waals surface area contributed by atoms with Crippen LogP contribution in [0.2, 0.25) is 0 Å². The fraction of sp³-hybridized carbons (Fsp3) is 0.400. The van der Waals surface area contributed by atoms with E-state index in [0.29, 0.717) is 5.92 Å². The lowest BCUT2D eigenvalue weighted by Gasteiger charge is -2.15. The molecule has 3 N–H and O–H groups in total. The molecule has 17 heavy (non-hydrogen) atoms. The van der Waals surface area contributed by atoms with Crippen molar-refractivity contribution in [3.05, 3.63) is 34.9 Å². The number of nitrogens with zero attached hydrogens (tertiary/aromatic N) is 4. The van der Waals surface area contributed by atoms with Crippen molar-refractivity contribution in [2.75, 3.05) is 0 Å². The number of rotatable bonds is 4. The van der Waals surface area contributed by atoms with Crippen molar-refractivity contribution in [2.24, 2.45) is 5.84 Å². The summed E-state index contributed by atoms with van der Waals surface area (Å²) in [6.07, 6.45) is 4.97. The minimum atomic E-state index is -0.159. The smallest absolute Gasteiger partial charge is 0.115 e. The normalized spacial score (nSPS) is 12.9. The van der Waals surface area contributed by atoms with Crippen molar-refractivity contribution in [3.8, 4) is 0 Å². The van der Waals surface area contributed by atoms with Gasteiger partial charge < -0.3 is 0 Å². The Balaban J connectivity index is 2.39. The van der Waals surface area contributed by atoms with Gasteiger partial charge in [0.25, 0.3) is 0 Å². The van der Waals surface area contributed by atoms with Gasteiger partial charge in [0.05, 0.1) is 16.6 Å². The molecular weight excluding hydrogens is 236 g/mol. The van der Waals surface area contributed by atoms with Crippen LogP contribution in [0.4, 0.5) is 0 Å². The zero-order valence-corrected chi connectivity index (χ0v) is 10.5. The van der Waals surface area contributed by atoms with E-state index in [0.717, 1.165) is 16.1 Å². The third-order valence-corrected chi connectivity index (χ3v) is 3.23. The first-order valence-corrected chi connectivity index (χ1v) is 6.04. The van der Waals surface area contributed by atoms with E-state index in [2.05, 4.69) is 38.8 Å². The van der Waals surface area contributed by atoms with Crippen LogP contribution in [-0.2, 0) is 0 Å². The molecule has 1 unspecified atom stereocenters. The van der Waals surface area contributed by atoms with Gasteiger partial charge in [-0.2, -0.15) is 0 Å². The summed E-state index contributed by atoms with van der Waals surface area (Å²) in [5.41, 5.74) is 4.63. The number of hydrazine groups is 1. The maximum atomic E-state index is 5.61. The molecule has 0 amide bonds. The predicted octanol–water partition coefficient (Wildman–Crippen LogP) is 1.00. The minimum absolute atomic E-state index is 0.159. The Morgan fingerprint density at radius 2 is 2.00 bits per heavy atom. The molecule has 0 bridgehead atoms. The van der Waals surface area contributed by atoms with E-state index in [4.69, 9.17) is 5.84 Å². The summed E-state index contributed by atoms with van der Waals surface area (Å²) in [7, 11) is 0. The predicted molar refractivity (Wildman–Crippen MR) is 65.2 cm³/mol. The number of hydrogen-bond acceptors (Lipinski definition) is 7. The molecule has 0 aliphatic heterocycles. The molecule has 2 heterocycles. The number of nitrogens with two attached hydrogens (primary N) is 1. The Hall–Kier alpha value is -1.44. The van der Waals surface area contributed by atoms with E-state index < -0.39 is 0 Å².